The normalized spacial score (nSPS) is 15.5. The average Bonchev–Trinajstić information content (AvgIpc) is 2.77. The first-order valence-electron chi connectivity index (χ1n) is 10.2. The lowest BCUT2D eigenvalue weighted by atomic mass is 10.1. The Labute approximate surface area is 192 Å². The van der Waals surface area contributed by atoms with Gasteiger partial charge in [-0.25, -0.2) is 0 Å². The van der Waals surface area contributed by atoms with Crippen LogP contribution < -0.4 is 0 Å². The molecule has 1 aliphatic rings. The van der Waals surface area contributed by atoms with Crippen molar-refractivity contribution >= 4 is 61.3 Å². The van der Waals surface area contributed by atoms with Crippen LogP contribution in [0.15, 0.2) is 45.3 Å². The highest BCUT2D eigenvalue weighted by atomic mass is 79.9. The van der Waals surface area contributed by atoms with Crippen LogP contribution in [0.4, 0.5) is 0 Å². The molecule has 0 fully saturated rings. The van der Waals surface area contributed by atoms with Crippen LogP contribution in [-0.4, -0.2) is 29.4 Å². The van der Waals surface area contributed by atoms with Crippen molar-refractivity contribution in [1.29, 1.82) is 0 Å². The number of benzene rings is 2. The largest absolute Gasteiger partial charge is 0.0718 e. The Morgan fingerprint density at radius 2 is 0.893 bits per heavy atom. The van der Waals surface area contributed by atoms with Crippen molar-refractivity contribution in [2.24, 2.45) is 0 Å². The molecular weight excluding hydrogens is 536 g/mol. The van der Waals surface area contributed by atoms with Crippen LogP contribution in [0.3, 0.4) is 0 Å². The Morgan fingerprint density at radius 3 is 1.18 bits per heavy atom. The molecule has 2 aromatic carbocycles. The molecule has 152 valence electrons. The molecule has 28 heavy (non-hydrogen) atoms. The third-order valence-corrected chi connectivity index (χ3v) is 80.9. The molecule has 2 aromatic rings. The highest BCUT2D eigenvalue weighted by Gasteiger charge is 2.66. The van der Waals surface area contributed by atoms with Crippen molar-refractivity contribution in [1.82, 2.24) is 0 Å². The Balaban J connectivity index is 2.52. The summed E-state index contributed by atoms with van der Waals surface area (Å²) in [7, 11) is -4.24. The van der Waals surface area contributed by atoms with Crippen molar-refractivity contribution in [3.8, 4) is 11.1 Å². The van der Waals surface area contributed by atoms with E-state index >= 15 is 0 Å². The summed E-state index contributed by atoms with van der Waals surface area (Å²) in [6, 6.07) is 14.1. The summed E-state index contributed by atoms with van der Waals surface area (Å²) < 4.78 is 2.46. The van der Waals surface area contributed by atoms with Crippen LogP contribution in [0.25, 0.3) is 11.1 Å². The fourth-order valence-electron chi connectivity index (χ4n) is 7.34. The Morgan fingerprint density at radius 1 is 0.571 bits per heavy atom. The summed E-state index contributed by atoms with van der Waals surface area (Å²) >= 11 is 7.62. The molecule has 1 aliphatic carbocycles. The topological polar surface area (TPSA) is 0 Å². The molecule has 0 spiro atoms. The number of fused-ring (bicyclic) bond motifs is 3. The zero-order valence-electron chi connectivity index (χ0n) is 18.8. The first kappa shape index (κ1) is 22.9. The molecule has 0 saturated carbocycles. The van der Waals surface area contributed by atoms with Gasteiger partial charge in [0.15, 0.2) is 0 Å². The summed E-state index contributed by atoms with van der Waals surface area (Å²) in [4.78, 5) is 0. The van der Waals surface area contributed by atoms with Crippen LogP contribution in [-0.2, 0) is 0 Å². The molecular formula is C22H34Br2Si4. The predicted molar refractivity (Wildman–Crippen MR) is 145 cm³/mol. The van der Waals surface area contributed by atoms with Crippen molar-refractivity contribution in [3.63, 3.8) is 0 Å². The van der Waals surface area contributed by atoms with Crippen molar-refractivity contribution in [3.05, 3.63) is 56.5 Å². The van der Waals surface area contributed by atoms with E-state index in [0.29, 0.717) is 5.54 Å². The monoisotopic (exact) mass is 568 g/mol. The van der Waals surface area contributed by atoms with E-state index in [1.807, 2.05) is 0 Å². The van der Waals surface area contributed by atoms with E-state index in [2.05, 4.69) is 127 Å². The number of hydrogen-bond acceptors (Lipinski definition) is 0. The number of rotatable bonds is 4. The first-order chi connectivity index (χ1) is 12.6. The van der Waals surface area contributed by atoms with Gasteiger partial charge in [-0.2, -0.15) is 0 Å². The second-order valence-electron chi connectivity index (χ2n) is 11.5. The van der Waals surface area contributed by atoms with Gasteiger partial charge in [0.1, 0.15) is 0 Å². The van der Waals surface area contributed by atoms with Crippen molar-refractivity contribution in [2.45, 2.75) is 64.5 Å². The standard InChI is InChI=1S/C22H34Br2Si4/c1-25(2,3)28(26(4,5)6,27(7,8)9)22-20-14-16(23)10-12-18(20)19-13-11-17(24)15-21(19)22/h10-15,22H,1-9H3. The summed E-state index contributed by atoms with van der Waals surface area (Å²) in [5, 5.41) is 0. The molecule has 0 N–H and O–H groups in total. The van der Waals surface area contributed by atoms with Gasteiger partial charge < -0.3 is 0 Å². The lowest BCUT2D eigenvalue weighted by molar-refractivity contribution is 1.16. The van der Waals surface area contributed by atoms with Crippen LogP contribution in [0.2, 0.25) is 58.9 Å². The Bertz CT molecular complexity index is 830. The molecule has 0 saturated heterocycles. The highest BCUT2D eigenvalue weighted by molar-refractivity contribution is 9.10. The molecule has 0 nitrogen and oxygen atoms in total. The van der Waals surface area contributed by atoms with E-state index in [9.17, 15) is 0 Å². The summed E-state index contributed by atoms with van der Waals surface area (Å²) in [5.74, 6) is 0. The quantitative estimate of drug-likeness (QED) is 0.323. The number of hydrogen-bond donors (Lipinski definition) is 0. The second kappa shape index (κ2) is 7.16. The second-order valence-corrected chi connectivity index (χ2v) is 54.1. The summed E-state index contributed by atoms with van der Waals surface area (Å²) in [6.07, 6.45) is 0. The Hall–Kier alpha value is 0.268. The lowest BCUT2D eigenvalue weighted by Crippen LogP contribution is -2.85. The maximum atomic E-state index is 3.81. The van der Waals surface area contributed by atoms with Crippen LogP contribution in [0.1, 0.15) is 16.7 Å². The predicted octanol–water partition coefficient (Wildman–Crippen LogP) is 8.56. The van der Waals surface area contributed by atoms with Crippen molar-refractivity contribution in [2.75, 3.05) is 0 Å². The molecule has 6 heteroatoms. The van der Waals surface area contributed by atoms with E-state index in [4.69, 9.17) is 0 Å². The smallest absolute Gasteiger partial charge is 0.0510 e. The fourth-order valence-corrected chi connectivity index (χ4v) is 110. The first-order valence-corrected chi connectivity index (χ1v) is 27.4. The molecule has 0 aromatic heterocycles. The molecule has 0 aliphatic heterocycles. The van der Waals surface area contributed by atoms with Gasteiger partial charge in [-0.05, 0) is 52.1 Å². The molecule has 0 heterocycles. The molecule has 0 bridgehead atoms. The van der Waals surface area contributed by atoms with E-state index < -0.39 is 29.4 Å². The van der Waals surface area contributed by atoms with Gasteiger partial charge in [0, 0.05) is 31.7 Å². The van der Waals surface area contributed by atoms with E-state index in [1.165, 1.54) is 20.1 Å². The maximum absolute atomic E-state index is 3.81. The van der Waals surface area contributed by atoms with Crippen LogP contribution in [0, 0.1) is 0 Å². The van der Waals surface area contributed by atoms with Gasteiger partial charge in [-0.1, -0.05) is 103 Å². The Kier molecular flexibility index (Phi) is 5.86. The SMILES string of the molecule is C[Si](C)(C)[Si](C1c2cc(Br)ccc2-c2ccc(Br)cc21)([Si](C)(C)C)[Si](C)(C)C. The minimum absolute atomic E-state index is 0.650. The minimum Gasteiger partial charge on any atom is -0.0718 e. The van der Waals surface area contributed by atoms with Gasteiger partial charge in [0.2, 0.25) is 0 Å². The maximum Gasteiger partial charge on any atom is 0.0510 e. The van der Waals surface area contributed by atoms with Crippen molar-refractivity contribution < 1.29 is 0 Å². The molecule has 0 amide bonds. The van der Waals surface area contributed by atoms with E-state index in [0.717, 1.165) is 0 Å². The zero-order chi connectivity index (χ0) is 21.3. The van der Waals surface area contributed by atoms with Gasteiger partial charge in [-0.3, -0.25) is 0 Å². The third-order valence-electron chi connectivity index (χ3n) is 6.92. The van der Waals surface area contributed by atoms with Gasteiger partial charge in [0.05, 0.1) is 6.63 Å². The van der Waals surface area contributed by atoms with Gasteiger partial charge >= 0.3 is 0 Å². The van der Waals surface area contributed by atoms with Gasteiger partial charge in [0.25, 0.3) is 0 Å². The molecule has 0 atom stereocenters. The van der Waals surface area contributed by atoms with Crippen LogP contribution in [0.5, 0.6) is 0 Å². The van der Waals surface area contributed by atoms with E-state index in [-0.39, 0.29) is 0 Å². The number of halogens is 2. The molecule has 3 rings (SSSR count). The van der Waals surface area contributed by atoms with Crippen LogP contribution >= 0.6 is 31.9 Å². The molecule has 0 radical (unpaired) electrons. The third kappa shape index (κ3) is 3.30. The summed E-state index contributed by atoms with van der Waals surface area (Å²) in [5.41, 5.74) is 6.88. The average molecular weight is 571 g/mol. The minimum atomic E-state index is -1.64. The fraction of sp³-hybridized carbons (Fsp3) is 0.455. The van der Waals surface area contributed by atoms with E-state index in [1.54, 1.807) is 11.1 Å². The molecule has 0 unspecified atom stereocenters. The highest BCUT2D eigenvalue weighted by Crippen LogP contribution is 2.56. The summed E-state index contributed by atoms with van der Waals surface area (Å²) in [6.45, 7) is 22.8. The zero-order valence-corrected chi connectivity index (χ0v) is 26.0. The lowest BCUT2D eigenvalue weighted by Gasteiger charge is -2.61. The van der Waals surface area contributed by atoms with Gasteiger partial charge in [-0.15, -0.1) is 0 Å².